The fourth-order valence-electron chi connectivity index (χ4n) is 2.03. The van der Waals surface area contributed by atoms with Crippen LogP contribution in [0.4, 0.5) is 83.4 Å². The predicted octanol–water partition coefficient (Wildman–Crippen LogP) is 6.44. The molecule has 0 radical (unpaired) electrons. The van der Waals surface area contributed by atoms with Crippen molar-refractivity contribution in [3.8, 4) is 0 Å². The van der Waals surface area contributed by atoms with Crippen molar-refractivity contribution in [2.45, 2.75) is 73.0 Å². The molecular formula is C15H9F19O2. The number of halogens is 19. The standard InChI is InChI=1S/C15H9F19O2/c1-2-3(35)36-9(22)11(25,26)13(29,30)15(33,34)14(31,32)12(27,28)10(23,24)7(19)5(17)4(16)6(18)8(20)21/h2,4-9H,1H2. The van der Waals surface area contributed by atoms with Crippen molar-refractivity contribution in [2.24, 2.45) is 0 Å². The lowest BCUT2D eigenvalue weighted by molar-refractivity contribution is -0.439. The zero-order chi connectivity index (χ0) is 29.5. The first-order valence-electron chi connectivity index (χ1n) is 8.30. The summed E-state index contributed by atoms with van der Waals surface area (Å²) in [6, 6.07) is 0. The van der Waals surface area contributed by atoms with E-state index < -0.39 is 79.0 Å². The lowest BCUT2D eigenvalue weighted by atomic mass is 9.88. The average molecular weight is 582 g/mol. The van der Waals surface area contributed by atoms with E-state index in [1.165, 1.54) is 0 Å². The van der Waals surface area contributed by atoms with E-state index in [-0.39, 0.29) is 6.08 Å². The third-order valence-corrected chi connectivity index (χ3v) is 4.17. The van der Waals surface area contributed by atoms with E-state index in [0.29, 0.717) is 0 Å². The van der Waals surface area contributed by atoms with E-state index in [9.17, 15) is 88.2 Å². The van der Waals surface area contributed by atoms with Crippen molar-refractivity contribution in [1.82, 2.24) is 0 Å². The van der Waals surface area contributed by atoms with Gasteiger partial charge in [0.05, 0.1) is 0 Å². The highest BCUT2D eigenvalue weighted by Crippen LogP contribution is 2.61. The van der Waals surface area contributed by atoms with Gasteiger partial charge in [-0.25, -0.2) is 31.1 Å². The number of hydrogen-bond acceptors (Lipinski definition) is 2. The van der Waals surface area contributed by atoms with Crippen LogP contribution in [0.25, 0.3) is 0 Å². The fraction of sp³-hybridized carbons (Fsp3) is 0.800. The van der Waals surface area contributed by atoms with Crippen LogP contribution in [0.15, 0.2) is 12.7 Å². The van der Waals surface area contributed by atoms with Crippen molar-refractivity contribution >= 4 is 5.97 Å². The van der Waals surface area contributed by atoms with Crippen LogP contribution in [-0.4, -0.2) is 79.0 Å². The summed E-state index contributed by atoms with van der Waals surface area (Å²) in [6.07, 6.45) is -31.0. The maximum absolute atomic E-state index is 13.6. The molecule has 0 fully saturated rings. The molecule has 0 N–H and O–H groups in total. The summed E-state index contributed by atoms with van der Waals surface area (Å²) in [4.78, 5) is 10.5. The van der Waals surface area contributed by atoms with Crippen LogP contribution in [0.3, 0.4) is 0 Å². The van der Waals surface area contributed by atoms with E-state index in [1.807, 2.05) is 0 Å². The minimum absolute atomic E-state index is 0.287. The van der Waals surface area contributed by atoms with E-state index in [1.54, 1.807) is 0 Å². The van der Waals surface area contributed by atoms with Gasteiger partial charge in [0.2, 0.25) is 6.17 Å². The van der Waals surface area contributed by atoms with Gasteiger partial charge >= 0.3 is 47.9 Å². The first kappa shape index (κ1) is 33.9. The summed E-state index contributed by atoms with van der Waals surface area (Å²) in [5.74, 6) is -51.5. The molecule has 0 saturated carbocycles. The fourth-order valence-corrected chi connectivity index (χ4v) is 2.03. The monoisotopic (exact) mass is 582 g/mol. The first-order valence-corrected chi connectivity index (χ1v) is 8.30. The molecule has 36 heavy (non-hydrogen) atoms. The Morgan fingerprint density at radius 3 is 1.28 bits per heavy atom. The molecule has 0 spiro atoms. The minimum atomic E-state index is -8.62. The SMILES string of the molecule is C=CC(=O)OC(F)C(F)(F)C(F)(F)C(F)(F)C(F)(F)C(F)(F)C(F)(F)C(F)C(F)C(F)C(F)C(F)F. The molecule has 0 aliphatic heterocycles. The van der Waals surface area contributed by atoms with Crippen molar-refractivity contribution < 1.29 is 92.9 Å². The highest BCUT2D eigenvalue weighted by molar-refractivity contribution is 5.81. The number of rotatable bonds is 13. The van der Waals surface area contributed by atoms with Crippen LogP contribution in [-0.2, 0) is 9.53 Å². The second-order valence-electron chi connectivity index (χ2n) is 6.57. The molecule has 2 nitrogen and oxygen atoms in total. The minimum Gasteiger partial charge on any atom is -0.421 e. The Morgan fingerprint density at radius 2 is 0.944 bits per heavy atom. The number of alkyl halides is 19. The van der Waals surface area contributed by atoms with Gasteiger partial charge in [0, 0.05) is 6.08 Å². The Labute approximate surface area is 186 Å². The van der Waals surface area contributed by atoms with E-state index in [2.05, 4.69) is 11.3 Å². The quantitative estimate of drug-likeness (QED) is 0.142. The molecule has 0 rings (SSSR count). The van der Waals surface area contributed by atoms with Gasteiger partial charge in [0.15, 0.2) is 18.5 Å². The first-order chi connectivity index (χ1) is 15.7. The molecule has 0 aromatic heterocycles. The second kappa shape index (κ2) is 10.3. The van der Waals surface area contributed by atoms with Crippen molar-refractivity contribution in [1.29, 1.82) is 0 Å². The maximum atomic E-state index is 13.6. The van der Waals surface area contributed by atoms with Crippen LogP contribution >= 0.6 is 0 Å². The molecule has 0 heterocycles. The molecule has 0 amide bonds. The van der Waals surface area contributed by atoms with Crippen molar-refractivity contribution in [2.75, 3.05) is 0 Å². The molecule has 0 aromatic rings. The lowest BCUT2D eigenvalue weighted by Gasteiger charge is -2.42. The summed E-state index contributed by atoms with van der Waals surface area (Å²) >= 11 is 0. The van der Waals surface area contributed by atoms with Crippen LogP contribution in [0.5, 0.6) is 0 Å². The van der Waals surface area contributed by atoms with Crippen molar-refractivity contribution in [3.05, 3.63) is 12.7 Å². The molecule has 0 aliphatic rings. The molecule has 5 unspecified atom stereocenters. The highest BCUT2D eigenvalue weighted by Gasteiger charge is 2.92. The Balaban J connectivity index is 6.53. The average Bonchev–Trinajstić information content (AvgIpc) is 2.75. The normalized spacial score (nSPS) is 18.9. The van der Waals surface area contributed by atoms with Crippen LogP contribution < -0.4 is 0 Å². The Hall–Kier alpha value is -2.12. The molecule has 0 saturated heterocycles. The van der Waals surface area contributed by atoms with Gasteiger partial charge in [0.1, 0.15) is 0 Å². The van der Waals surface area contributed by atoms with Crippen LogP contribution in [0, 0.1) is 0 Å². The van der Waals surface area contributed by atoms with Gasteiger partial charge < -0.3 is 4.74 Å². The zero-order valence-electron chi connectivity index (χ0n) is 16.2. The lowest BCUT2D eigenvalue weighted by Crippen LogP contribution is -2.73. The van der Waals surface area contributed by atoms with Crippen molar-refractivity contribution in [3.63, 3.8) is 0 Å². The van der Waals surface area contributed by atoms with Gasteiger partial charge in [-0.1, -0.05) is 6.58 Å². The highest BCUT2D eigenvalue weighted by atomic mass is 19.4. The summed E-state index contributed by atoms with van der Waals surface area (Å²) < 4.78 is 254. The number of esters is 1. The smallest absolute Gasteiger partial charge is 0.385 e. The van der Waals surface area contributed by atoms with Gasteiger partial charge in [-0.3, -0.25) is 0 Å². The molecule has 5 atom stereocenters. The van der Waals surface area contributed by atoms with Gasteiger partial charge in [-0.15, -0.1) is 0 Å². The number of carbonyl (C=O) groups excluding carboxylic acids is 1. The molecule has 21 heteroatoms. The second-order valence-corrected chi connectivity index (χ2v) is 6.57. The summed E-state index contributed by atoms with van der Waals surface area (Å²) in [6.45, 7) is 2.39. The van der Waals surface area contributed by atoms with Gasteiger partial charge in [0.25, 0.3) is 6.43 Å². The third kappa shape index (κ3) is 5.14. The summed E-state index contributed by atoms with van der Waals surface area (Å²) in [7, 11) is 0. The summed E-state index contributed by atoms with van der Waals surface area (Å²) in [5.41, 5.74) is 0. The summed E-state index contributed by atoms with van der Waals surface area (Å²) in [5, 5.41) is 0. The van der Waals surface area contributed by atoms with Gasteiger partial charge in [-0.05, 0) is 0 Å². The van der Waals surface area contributed by atoms with E-state index >= 15 is 0 Å². The molecular weight excluding hydrogens is 573 g/mol. The molecule has 0 bridgehead atoms. The van der Waals surface area contributed by atoms with Gasteiger partial charge in [-0.2, -0.15) is 57.1 Å². The van der Waals surface area contributed by atoms with Crippen LogP contribution in [0.2, 0.25) is 0 Å². The number of hydrogen-bond donors (Lipinski definition) is 0. The Morgan fingerprint density at radius 1 is 0.583 bits per heavy atom. The van der Waals surface area contributed by atoms with Crippen LogP contribution in [0.1, 0.15) is 0 Å². The molecule has 0 aliphatic carbocycles. The molecule has 214 valence electrons. The van der Waals surface area contributed by atoms with E-state index in [0.717, 1.165) is 0 Å². The molecule has 0 aromatic carbocycles. The number of carbonyl (C=O) groups is 1. The predicted molar refractivity (Wildman–Crippen MR) is 76.5 cm³/mol. The largest absolute Gasteiger partial charge is 0.421 e. The number of ether oxygens (including phenoxy) is 1. The Kier molecular flexibility index (Phi) is 9.72. The topological polar surface area (TPSA) is 26.3 Å². The van der Waals surface area contributed by atoms with E-state index in [4.69, 9.17) is 0 Å². The third-order valence-electron chi connectivity index (χ3n) is 4.17. The Bertz CT molecular complexity index is 781. The zero-order valence-corrected chi connectivity index (χ0v) is 16.2. The maximum Gasteiger partial charge on any atom is 0.385 e.